The third-order valence-electron chi connectivity index (χ3n) is 3.77. The van der Waals surface area contributed by atoms with Crippen molar-refractivity contribution in [3.05, 3.63) is 71.1 Å². The molecule has 0 aliphatic rings. The van der Waals surface area contributed by atoms with Crippen LogP contribution in [0.2, 0.25) is 5.02 Å². The number of amides is 1. The van der Waals surface area contributed by atoms with Crippen LogP contribution < -0.4 is 5.32 Å². The quantitative estimate of drug-likeness (QED) is 0.599. The number of carboxylic acids is 1. The van der Waals surface area contributed by atoms with Crippen LogP contribution in [-0.4, -0.2) is 36.9 Å². The molecule has 0 aliphatic carbocycles. The van der Waals surface area contributed by atoms with Crippen LogP contribution in [-0.2, 0) is 4.79 Å². The molecular weight excluding hydrogens is 372 g/mol. The van der Waals surface area contributed by atoms with Gasteiger partial charge in [-0.2, -0.15) is 5.10 Å². The number of aromatic nitrogens is 3. The van der Waals surface area contributed by atoms with Gasteiger partial charge in [0.05, 0.1) is 18.2 Å². The standard InChI is InChI=1S/C18H15ClN4O4/c19-12-3-5-13(6-4-12)23-16(24)8-15(22-23)18(27)21-14(9-17(25)26)11-2-1-7-20-10-11/h1-8,10,14,24H,9H2,(H,21,27)(H,25,26)/t14-/m0/s1. The van der Waals surface area contributed by atoms with Crippen molar-refractivity contribution < 1.29 is 19.8 Å². The summed E-state index contributed by atoms with van der Waals surface area (Å²) < 4.78 is 1.18. The zero-order chi connectivity index (χ0) is 19.4. The number of aromatic hydroxyl groups is 1. The monoisotopic (exact) mass is 386 g/mol. The first kappa shape index (κ1) is 18.4. The van der Waals surface area contributed by atoms with Crippen LogP contribution in [0.5, 0.6) is 5.88 Å². The maximum atomic E-state index is 12.5. The highest BCUT2D eigenvalue weighted by atomic mass is 35.5. The molecule has 0 saturated heterocycles. The number of carbonyl (C=O) groups is 2. The van der Waals surface area contributed by atoms with Crippen LogP contribution in [0.4, 0.5) is 0 Å². The summed E-state index contributed by atoms with van der Waals surface area (Å²) in [5, 5.41) is 26.4. The fourth-order valence-corrected chi connectivity index (χ4v) is 2.62. The molecule has 0 bridgehead atoms. The van der Waals surface area contributed by atoms with Gasteiger partial charge in [0.1, 0.15) is 0 Å². The van der Waals surface area contributed by atoms with E-state index < -0.39 is 17.9 Å². The van der Waals surface area contributed by atoms with Crippen molar-refractivity contribution in [1.29, 1.82) is 0 Å². The van der Waals surface area contributed by atoms with E-state index in [9.17, 15) is 14.7 Å². The van der Waals surface area contributed by atoms with Gasteiger partial charge in [-0.15, -0.1) is 0 Å². The zero-order valence-corrected chi connectivity index (χ0v) is 14.7. The Hall–Kier alpha value is -3.39. The van der Waals surface area contributed by atoms with Crippen LogP contribution in [0.15, 0.2) is 54.9 Å². The molecule has 0 saturated carbocycles. The van der Waals surface area contributed by atoms with Crippen LogP contribution in [0.25, 0.3) is 5.69 Å². The molecule has 3 aromatic rings. The Bertz CT molecular complexity index is 957. The molecule has 1 amide bonds. The fraction of sp³-hybridized carbons (Fsp3) is 0.111. The highest BCUT2D eigenvalue weighted by Gasteiger charge is 2.22. The molecule has 8 nitrogen and oxygen atoms in total. The molecule has 0 fully saturated rings. The van der Waals surface area contributed by atoms with Crippen molar-refractivity contribution in [3.63, 3.8) is 0 Å². The Kier molecular flexibility index (Phi) is 5.37. The van der Waals surface area contributed by atoms with E-state index in [0.717, 1.165) is 0 Å². The van der Waals surface area contributed by atoms with E-state index in [-0.39, 0.29) is 18.0 Å². The highest BCUT2D eigenvalue weighted by molar-refractivity contribution is 6.30. The number of nitrogens with zero attached hydrogens (tertiary/aromatic N) is 3. The number of aliphatic carboxylic acids is 1. The number of pyridine rings is 1. The second kappa shape index (κ2) is 7.88. The number of hydrogen-bond acceptors (Lipinski definition) is 5. The zero-order valence-electron chi connectivity index (χ0n) is 13.9. The fourth-order valence-electron chi connectivity index (χ4n) is 2.50. The Morgan fingerprint density at radius 2 is 1.96 bits per heavy atom. The average Bonchev–Trinajstić information content (AvgIpc) is 3.04. The summed E-state index contributed by atoms with van der Waals surface area (Å²) in [5.74, 6) is -1.93. The normalized spacial score (nSPS) is 11.7. The first-order valence-electron chi connectivity index (χ1n) is 7.91. The minimum atomic E-state index is -1.07. The topological polar surface area (TPSA) is 117 Å². The lowest BCUT2D eigenvalue weighted by molar-refractivity contribution is -0.137. The number of halogens is 1. The molecule has 2 aromatic heterocycles. The van der Waals surface area contributed by atoms with E-state index in [2.05, 4.69) is 15.4 Å². The molecule has 3 rings (SSSR count). The highest BCUT2D eigenvalue weighted by Crippen LogP contribution is 2.21. The van der Waals surface area contributed by atoms with E-state index in [1.165, 1.54) is 16.9 Å². The van der Waals surface area contributed by atoms with Crippen molar-refractivity contribution in [1.82, 2.24) is 20.1 Å². The lowest BCUT2D eigenvalue weighted by Gasteiger charge is -2.16. The van der Waals surface area contributed by atoms with E-state index in [1.807, 2.05) is 0 Å². The summed E-state index contributed by atoms with van der Waals surface area (Å²) in [6.07, 6.45) is 2.72. The molecule has 0 unspecified atom stereocenters. The van der Waals surface area contributed by atoms with Gasteiger partial charge in [-0.25, -0.2) is 4.68 Å². The first-order chi connectivity index (χ1) is 12.9. The van der Waals surface area contributed by atoms with Gasteiger partial charge in [-0.1, -0.05) is 17.7 Å². The summed E-state index contributed by atoms with van der Waals surface area (Å²) in [6.45, 7) is 0. The van der Waals surface area contributed by atoms with Crippen molar-refractivity contribution in [3.8, 4) is 11.6 Å². The maximum absolute atomic E-state index is 12.5. The number of carboxylic acid groups (broad SMARTS) is 1. The largest absolute Gasteiger partial charge is 0.493 e. The smallest absolute Gasteiger partial charge is 0.305 e. The van der Waals surface area contributed by atoms with Crippen LogP contribution in [0.3, 0.4) is 0 Å². The molecule has 1 aromatic carbocycles. The van der Waals surface area contributed by atoms with E-state index in [1.54, 1.807) is 42.6 Å². The van der Waals surface area contributed by atoms with Gasteiger partial charge < -0.3 is 15.5 Å². The van der Waals surface area contributed by atoms with Crippen LogP contribution >= 0.6 is 11.6 Å². The molecule has 0 spiro atoms. The summed E-state index contributed by atoms with van der Waals surface area (Å²) in [5.41, 5.74) is 1.02. The molecule has 27 heavy (non-hydrogen) atoms. The van der Waals surface area contributed by atoms with E-state index in [4.69, 9.17) is 16.7 Å². The number of benzene rings is 1. The van der Waals surface area contributed by atoms with Crippen LogP contribution in [0.1, 0.15) is 28.5 Å². The molecule has 2 heterocycles. The van der Waals surface area contributed by atoms with Gasteiger partial charge in [0, 0.05) is 23.5 Å². The van der Waals surface area contributed by atoms with Gasteiger partial charge in [-0.05, 0) is 35.9 Å². The average molecular weight is 387 g/mol. The molecule has 9 heteroatoms. The number of hydrogen-bond donors (Lipinski definition) is 3. The molecule has 3 N–H and O–H groups in total. The van der Waals surface area contributed by atoms with Gasteiger partial charge in [0.15, 0.2) is 5.69 Å². The minimum absolute atomic E-state index is 0.0540. The first-order valence-corrected chi connectivity index (χ1v) is 8.29. The van der Waals surface area contributed by atoms with Gasteiger partial charge in [0.25, 0.3) is 5.91 Å². The summed E-state index contributed by atoms with van der Waals surface area (Å²) in [6, 6.07) is 10.3. The van der Waals surface area contributed by atoms with Gasteiger partial charge in [0.2, 0.25) is 5.88 Å². The van der Waals surface area contributed by atoms with Crippen LogP contribution in [0, 0.1) is 0 Å². The number of rotatable bonds is 6. The Morgan fingerprint density at radius 3 is 2.59 bits per heavy atom. The second-order valence-corrected chi connectivity index (χ2v) is 6.12. The van der Waals surface area contributed by atoms with Gasteiger partial charge >= 0.3 is 5.97 Å². The molecule has 138 valence electrons. The third kappa shape index (κ3) is 4.42. The third-order valence-corrected chi connectivity index (χ3v) is 4.02. The summed E-state index contributed by atoms with van der Waals surface area (Å²) >= 11 is 5.84. The van der Waals surface area contributed by atoms with E-state index >= 15 is 0 Å². The number of carbonyl (C=O) groups excluding carboxylic acids is 1. The van der Waals surface area contributed by atoms with E-state index in [0.29, 0.717) is 16.3 Å². The minimum Gasteiger partial charge on any atom is -0.493 e. The maximum Gasteiger partial charge on any atom is 0.305 e. The predicted molar refractivity (Wildman–Crippen MR) is 96.9 cm³/mol. The lowest BCUT2D eigenvalue weighted by atomic mass is 10.1. The van der Waals surface area contributed by atoms with Crippen molar-refractivity contribution >= 4 is 23.5 Å². The molecular formula is C18H15ClN4O4. The Morgan fingerprint density at radius 1 is 1.22 bits per heavy atom. The second-order valence-electron chi connectivity index (χ2n) is 5.69. The summed E-state index contributed by atoms with van der Waals surface area (Å²) in [4.78, 5) is 27.6. The molecule has 0 aliphatic heterocycles. The van der Waals surface area contributed by atoms with Crippen molar-refractivity contribution in [2.75, 3.05) is 0 Å². The number of nitrogens with one attached hydrogen (secondary N) is 1. The van der Waals surface area contributed by atoms with Crippen molar-refractivity contribution in [2.24, 2.45) is 0 Å². The Balaban J connectivity index is 1.83. The van der Waals surface area contributed by atoms with Crippen molar-refractivity contribution in [2.45, 2.75) is 12.5 Å². The Labute approximate surface area is 159 Å². The predicted octanol–water partition coefficient (Wildman–Crippen LogP) is 2.57. The SMILES string of the molecule is O=C(O)C[C@H](NC(=O)c1cc(O)n(-c2ccc(Cl)cc2)n1)c1cccnc1. The molecule has 1 atom stereocenters. The molecule has 0 radical (unpaired) electrons. The lowest BCUT2D eigenvalue weighted by Crippen LogP contribution is -2.30. The van der Waals surface area contributed by atoms with Gasteiger partial charge in [-0.3, -0.25) is 14.6 Å². The summed E-state index contributed by atoms with van der Waals surface area (Å²) in [7, 11) is 0.